The highest BCUT2D eigenvalue weighted by Gasteiger charge is 2.31. The van der Waals surface area contributed by atoms with Crippen LogP contribution in [0.5, 0.6) is 0 Å². The number of halogens is 1. The lowest BCUT2D eigenvalue weighted by Gasteiger charge is -2.30. The Labute approximate surface area is 116 Å². The minimum atomic E-state index is -3.11. The summed E-state index contributed by atoms with van der Waals surface area (Å²) in [4.78, 5) is 0. The number of sulfonamides is 1. The number of nitrogens with one attached hydrogen (secondary N) is 1. The molecule has 0 radical (unpaired) electrons. The van der Waals surface area contributed by atoms with Gasteiger partial charge < -0.3 is 0 Å². The van der Waals surface area contributed by atoms with Gasteiger partial charge in [0, 0.05) is 11.9 Å². The second-order valence-electron chi connectivity index (χ2n) is 5.81. The van der Waals surface area contributed by atoms with E-state index in [1.165, 1.54) is 6.42 Å². The molecule has 0 bridgehead atoms. The maximum absolute atomic E-state index is 12.3. The molecule has 5 heteroatoms. The van der Waals surface area contributed by atoms with Gasteiger partial charge in [0.05, 0.1) is 5.25 Å². The second-order valence-corrected chi connectivity index (χ2v) is 8.11. The van der Waals surface area contributed by atoms with E-state index < -0.39 is 10.0 Å². The van der Waals surface area contributed by atoms with Gasteiger partial charge in [-0.2, -0.15) is 0 Å². The average molecular weight is 294 g/mol. The minimum absolute atomic E-state index is 0.120. The van der Waals surface area contributed by atoms with Gasteiger partial charge in [0.25, 0.3) is 0 Å². The third kappa shape index (κ3) is 3.84. The number of alkyl halides is 1. The second kappa shape index (κ2) is 6.58. The van der Waals surface area contributed by atoms with Gasteiger partial charge in [0.15, 0.2) is 0 Å². The molecule has 2 fully saturated rings. The van der Waals surface area contributed by atoms with Crippen LogP contribution in [0, 0.1) is 5.92 Å². The highest BCUT2D eigenvalue weighted by molar-refractivity contribution is 7.90. The van der Waals surface area contributed by atoms with Crippen LogP contribution in [0.2, 0.25) is 0 Å². The van der Waals surface area contributed by atoms with Crippen molar-refractivity contribution in [2.75, 3.05) is 5.88 Å². The van der Waals surface area contributed by atoms with Crippen LogP contribution in [0.15, 0.2) is 0 Å². The number of rotatable bonds is 4. The van der Waals surface area contributed by atoms with E-state index in [-0.39, 0.29) is 11.3 Å². The van der Waals surface area contributed by atoms with E-state index >= 15 is 0 Å². The summed E-state index contributed by atoms with van der Waals surface area (Å²) in [6.45, 7) is 0. The van der Waals surface area contributed by atoms with E-state index in [0.717, 1.165) is 51.4 Å². The molecular weight excluding hydrogens is 270 g/mol. The Balaban J connectivity index is 1.90. The quantitative estimate of drug-likeness (QED) is 0.810. The lowest BCUT2D eigenvalue weighted by Crippen LogP contribution is -2.43. The van der Waals surface area contributed by atoms with E-state index in [0.29, 0.717) is 11.8 Å². The fourth-order valence-corrected chi connectivity index (χ4v) is 5.35. The summed E-state index contributed by atoms with van der Waals surface area (Å²) in [5.41, 5.74) is 0. The first-order valence-corrected chi connectivity index (χ1v) is 9.27. The zero-order valence-electron chi connectivity index (χ0n) is 10.9. The van der Waals surface area contributed by atoms with Gasteiger partial charge in [-0.05, 0) is 38.0 Å². The largest absolute Gasteiger partial charge is 0.214 e. The first-order valence-electron chi connectivity index (χ1n) is 7.19. The van der Waals surface area contributed by atoms with E-state index in [1.54, 1.807) is 0 Å². The summed E-state index contributed by atoms with van der Waals surface area (Å²) >= 11 is 5.89. The molecule has 2 aliphatic carbocycles. The zero-order valence-corrected chi connectivity index (χ0v) is 12.5. The molecule has 0 aromatic heterocycles. The van der Waals surface area contributed by atoms with Crippen LogP contribution in [-0.2, 0) is 10.0 Å². The fraction of sp³-hybridized carbons (Fsp3) is 1.00. The van der Waals surface area contributed by atoms with Gasteiger partial charge in [-0.3, -0.25) is 0 Å². The molecule has 3 nitrogen and oxygen atoms in total. The molecule has 0 spiro atoms. The molecule has 1 N–H and O–H groups in total. The molecule has 2 rings (SSSR count). The van der Waals surface area contributed by atoms with E-state index in [1.807, 2.05) is 0 Å². The fourth-order valence-electron chi connectivity index (χ4n) is 3.24. The Bertz CT molecular complexity index is 352. The predicted octanol–water partition coefficient (Wildman–Crippen LogP) is 3.04. The van der Waals surface area contributed by atoms with Crippen LogP contribution in [0.25, 0.3) is 0 Å². The van der Waals surface area contributed by atoms with Crippen molar-refractivity contribution in [3.8, 4) is 0 Å². The molecule has 2 unspecified atom stereocenters. The van der Waals surface area contributed by atoms with Crippen molar-refractivity contribution in [2.24, 2.45) is 5.92 Å². The van der Waals surface area contributed by atoms with Gasteiger partial charge in [0.1, 0.15) is 0 Å². The maximum Gasteiger partial charge on any atom is 0.214 e. The van der Waals surface area contributed by atoms with E-state index in [2.05, 4.69) is 4.72 Å². The molecule has 2 atom stereocenters. The van der Waals surface area contributed by atoms with Gasteiger partial charge in [-0.25, -0.2) is 13.1 Å². The molecular formula is C13H24ClNO2S. The Morgan fingerprint density at radius 3 is 2.39 bits per heavy atom. The summed E-state index contributed by atoms with van der Waals surface area (Å²) in [5.74, 6) is 1.14. The van der Waals surface area contributed by atoms with Crippen LogP contribution in [-0.4, -0.2) is 25.6 Å². The molecule has 2 aliphatic rings. The molecule has 106 valence electrons. The highest BCUT2D eigenvalue weighted by atomic mass is 35.5. The predicted molar refractivity (Wildman–Crippen MR) is 75.4 cm³/mol. The topological polar surface area (TPSA) is 46.2 Å². The van der Waals surface area contributed by atoms with Crippen molar-refractivity contribution >= 4 is 21.6 Å². The Morgan fingerprint density at radius 1 is 1.00 bits per heavy atom. The lowest BCUT2D eigenvalue weighted by molar-refractivity contribution is 0.328. The molecule has 0 amide bonds. The Kier molecular flexibility index (Phi) is 5.34. The van der Waals surface area contributed by atoms with Gasteiger partial charge >= 0.3 is 0 Å². The summed E-state index contributed by atoms with van der Waals surface area (Å²) in [5, 5.41) is -0.150. The lowest BCUT2D eigenvalue weighted by atomic mass is 9.87. The van der Waals surface area contributed by atoms with Crippen molar-refractivity contribution < 1.29 is 8.42 Å². The average Bonchev–Trinajstić information content (AvgIpc) is 2.39. The Hall–Kier alpha value is 0.200. The summed E-state index contributed by atoms with van der Waals surface area (Å²) in [6, 6.07) is 0.120. The standard InChI is InChI=1S/C13H24ClNO2S/c14-10-11-5-4-6-12(9-11)15-18(16,17)13-7-2-1-3-8-13/h11-13,15H,1-10H2. The molecule has 18 heavy (non-hydrogen) atoms. The van der Waals surface area contributed by atoms with Crippen molar-refractivity contribution in [1.29, 1.82) is 0 Å². The van der Waals surface area contributed by atoms with Gasteiger partial charge in [-0.1, -0.05) is 25.7 Å². The van der Waals surface area contributed by atoms with Gasteiger partial charge in [-0.15, -0.1) is 11.6 Å². The van der Waals surface area contributed by atoms with Crippen LogP contribution in [0.1, 0.15) is 57.8 Å². The van der Waals surface area contributed by atoms with Crippen LogP contribution in [0.3, 0.4) is 0 Å². The van der Waals surface area contributed by atoms with Crippen LogP contribution in [0.4, 0.5) is 0 Å². The number of hydrogen-bond acceptors (Lipinski definition) is 2. The van der Waals surface area contributed by atoms with Crippen LogP contribution < -0.4 is 4.72 Å². The first kappa shape index (κ1) is 14.6. The van der Waals surface area contributed by atoms with Crippen molar-refractivity contribution in [3.05, 3.63) is 0 Å². The smallest absolute Gasteiger partial charge is 0.212 e. The molecule has 0 aromatic rings. The molecule has 0 aromatic carbocycles. The highest BCUT2D eigenvalue weighted by Crippen LogP contribution is 2.28. The first-order chi connectivity index (χ1) is 8.62. The van der Waals surface area contributed by atoms with Crippen molar-refractivity contribution in [2.45, 2.75) is 69.1 Å². The maximum atomic E-state index is 12.3. The third-order valence-electron chi connectivity index (χ3n) is 4.32. The van der Waals surface area contributed by atoms with Crippen LogP contribution >= 0.6 is 11.6 Å². The van der Waals surface area contributed by atoms with E-state index in [4.69, 9.17) is 11.6 Å². The van der Waals surface area contributed by atoms with E-state index in [9.17, 15) is 8.42 Å². The third-order valence-corrected chi connectivity index (χ3v) is 6.77. The summed E-state index contributed by atoms with van der Waals surface area (Å²) in [7, 11) is -3.11. The SMILES string of the molecule is O=S(=O)(NC1CCCC(CCl)C1)C1CCCCC1. The molecule has 0 heterocycles. The molecule has 0 saturated heterocycles. The minimum Gasteiger partial charge on any atom is -0.212 e. The molecule has 0 aliphatic heterocycles. The van der Waals surface area contributed by atoms with Crippen molar-refractivity contribution in [1.82, 2.24) is 4.72 Å². The summed E-state index contributed by atoms with van der Waals surface area (Å²) < 4.78 is 27.6. The monoisotopic (exact) mass is 293 g/mol. The zero-order chi connectivity index (χ0) is 13.0. The Morgan fingerprint density at radius 2 is 1.72 bits per heavy atom. The summed E-state index contributed by atoms with van der Waals surface area (Å²) in [6.07, 6.45) is 9.09. The van der Waals surface area contributed by atoms with Crippen molar-refractivity contribution in [3.63, 3.8) is 0 Å². The molecule has 2 saturated carbocycles. The normalized spacial score (nSPS) is 31.4. The van der Waals surface area contributed by atoms with Gasteiger partial charge in [0.2, 0.25) is 10.0 Å². The number of hydrogen-bond donors (Lipinski definition) is 1.